The summed E-state index contributed by atoms with van der Waals surface area (Å²) in [7, 11) is -9.80. The predicted molar refractivity (Wildman–Crippen MR) is 248 cm³/mol. The second-order valence-corrected chi connectivity index (χ2v) is 19.7. The lowest BCUT2D eigenvalue weighted by molar-refractivity contribution is -0.161. The van der Waals surface area contributed by atoms with E-state index in [1.54, 1.807) is 0 Å². The first-order valence-corrected chi connectivity index (χ1v) is 27.8. The van der Waals surface area contributed by atoms with Gasteiger partial charge in [0.2, 0.25) is 0 Å². The molecule has 2 unspecified atom stereocenters. The van der Waals surface area contributed by atoms with Crippen molar-refractivity contribution in [3.8, 4) is 0 Å². The fraction of sp³-hybridized carbons (Fsp3) is 0.913. The fourth-order valence-corrected chi connectivity index (χ4v) is 7.99. The number of hydrogen-bond donors (Lipinski definition) is 3. The number of carbonyl (C=O) groups is 4. The van der Waals surface area contributed by atoms with Gasteiger partial charge in [-0.25, -0.2) is 9.13 Å². The zero-order valence-electron chi connectivity index (χ0n) is 40.4. The molecule has 0 spiro atoms. The van der Waals surface area contributed by atoms with Crippen LogP contribution in [-0.2, 0) is 65.4 Å². The van der Waals surface area contributed by atoms with E-state index < -0.39 is 97.5 Å². The van der Waals surface area contributed by atoms with Crippen LogP contribution in [0.1, 0.15) is 214 Å². The highest BCUT2D eigenvalue weighted by molar-refractivity contribution is 7.47. The van der Waals surface area contributed by atoms with Gasteiger partial charge >= 0.3 is 39.5 Å². The molecule has 0 aromatic carbocycles. The van der Waals surface area contributed by atoms with Crippen molar-refractivity contribution >= 4 is 39.5 Å². The molecule has 0 heterocycles. The average Bonchev–Trinajstić information content (AvgIpc) is 3.27. The second-order valence-electron chi connectivity index (χ2n) is 16.8. The number of ether oxygens (including phenoxy) is 4. The Morgan fingerprint density at radius 3 is 0.969 bits per heavy atom. The monoisotopic (exact) mass is 975 g/mol. The van der Waals surface area contributed by atoms with Gasteiger partial charge in [0.25, 0.3) is 0 Å². The van der Waals surface area contributed by atoms with Gasteiger partial charge in [0.15, 0.2) is 12.2 Å². The molecule has 0 saturated carbocycles. The summed E-state index contributed by atoms with van der Waals surface area (Å²) in [6, 6.07) is 0. The van der Waals surface area contributed by atoms with Gasteiger partial charge in [-0.1, -0.05) is 163 Å². The van der Waals surface area contributed by atoms with Gasteiger partial charge in [-0.2, -0.15) is 0 Å². The summed E-state index contributed by atoms with van der Waals surface area (Å²) in [6.45, 7) is 4.19. The molecule has 65 heavy (non-hydrogen) atoms. The zero-order valence-corrected chi connectivity index (χ0v) is 42.2. The molecule has 0 fully saturated rings. The molecule has 384 valence electrons. The van der Waals surface area contributed by atoms with Gasteiger partial charge in [0.05, 0.1) is 26.4 Å². The van der Waals surface area contributed by atoms with E-state index in [-0.39, 0.29) is 25.7 Å². The first-order chi connectivity index (χ1) is 31.2. The third-order valence-corrected chi connectivity index (χ3v) is 12.3. The number of phosphoric acid groups is 2. The van der Waals surface area contributed by atoms with E-state index in [2.05, 4.69) is 13.8 Å². The Kier molecular flexibility index (Phi) is 40.9. The lowest BCUT2D eigenvalue weighted by atomic mass is 10.1. The van der Waals surface area contributed by atoms with E-state index in [1.165, 1.54) is 77.0 Å². The largest absolute Gasteiger partial charge is 0.472 e. The molecule has 0 bridgehead atoms. The van der Waals surface area contributed by atoms with Crippen LogP contribution in [0.4, 0.5) is 0 Å². The number of aliphatic hydroxyl groups excluding tert-OH is 1. The number of aliphatic hydroxyl groups is 1. The van der Waals surface area contributed by atoms with Gasteiger partial charge in [0, 0.05) is 25.7 Å². The first kappa shape index (κ1) is 63.1. The summed E-state index contributed by atoms with van der Waals surface area (Å²) >= 11 is 0. The van der Waals surface area contributed by atoms with Crippen LogP contribution >= 0.6 is 15.6 Å². The Bertz CT molecular complexity index is 1300. The minimum Gasteiger partial charge on any atom is -0.462 e. The quantitative estimate of drug-likeness (QED) is 0.0222. The van der Waals surface area contributed by atoms with Crippen LogP contribution in [0.5, 0.6) is 0 Å². The summed E-state index contributed by atoms with van der Waals surface area (Å²) in [6.07, 6.45) is 22.2. The minimum absolute atomic E-state index is 0.0763. The molecule has 17 nitrogen and oxygen atoms in total. The van der Waals surface area contributed by atoms with Gasteiger partial charge in [-0.05, 0) is 25.7 Å². The smallest absolute Gasteiger partial charge is 0.462 e. The van der Waals surface area contributed by atoms with Crippen LogP contribution < -0.4 is 0 Å². The summed E-state index contributed by atoms with van der Waals surface area (Å²) in [4.78, 5) is 70.0. The second kappa shape index (κ2) is 42.2. The summed E-state index contributed by atoms with van der Waals surface area (Å²) in [5.74, 6) is -2.23. The van der Waals surface area contributed by atoms with Crippen LogP contribution in [0, 0.1) is 0 Å². The average molecular weight is 975 g/mol. The molecule has 0 saturated heterocycles. The fourth-order valence-electron chi connectivity index (χ4n) is 6.41. The molecule has 3 N–H and O–H groups in total. The SMILES string of the molecule is CCCCCCCCCCCCCC(=O)OC[C@H](COP(=O)(O)OC[C@@H](O)COP(=O)(O)OC[C@@H](COC(=O)CCCC)OC(=O)CCCC)OC(=O)CCCCCCCCCCCC. The van der Waals surface area contributed by atoms with E-state index in [0.29, 0.717) is 25.7 Å². The third-order valence-electron chi connectivity index (χ3n) is 10.4. The third kappa shape index (κ3) is 41.9. The standard InChI is InChI=1S/C46H88O17P2/c1-5-9-13-15-17-19-21-23-24-26-28-32-44(49)57-37-42(63-46(51)33-29-27-25-22-20-18-16-14-10-6-2)39-61-65(54,55)59-35-40(47)34-58-64(52,53)60-38-41(62-45(50)31-12-8-4)36-56-43(48)30-11-7-3/h40-42,47H,5-39H2,1-4H3,(H,52,53)(H,54,55)/t40-,41+,42+/m0/s1. The molecule has 19 heteroatoms. The molecular formula is C46H88O17P2. The van der Waals surface area contributed by atoms with E-state index >= 15 is 0 Å². The maximum absolute atomic E-state index is 12.8. The van der Waals surface area contributed by atoms with Crippen LogP contribution in [0.15, 0.2) is 0 Å². The highest BCUT2D eigenvalue weighted by Gasteiger charge is 2.30. The number of hydrogen-bond acceptors (Lipinski definition) is 15. The molecule has 0 aromatic heterocycles. The number of unbranched alkanes of at least 4 members (excludes halogenated alkanes) is 21. The molecule has 0 rings (SSSR count). The van der Waals surface area contributed by atoms with E-state index in [4.69, 9.17) is 37.0 Å². The summed E-state index contributed by atoms with van der Waals surface area (Å²) in [5.41, 5.74) is 0. The molecular weight excluding hydrogens is 886 g/mol. The number of esters is 4. The Hall–Kier alpha value is -1.94. The van der Waals surface area contributed by atoms with Crippen molar-refractivity contribution in [3.63, 3.8) is 0 Å². The summed E-state index contributed by atoms with van der Waals surface area (Å²) in [5, 5.41) is 10.3. The molecule has 0 aliphatic heterocycles. The normalized spacial score (nSPS) is 14.8. The van der Waals surface area contributed by atoms with Crippen molar-refractivity contribution < 1.29 is 80.2 Å². The molecule has 0 amide bonds. The minimum atomic E-state index is -4.91. The van der Waals surface area contributed by atoms with Crippen molar-refractivity contribution in [2.24, 2.45) is 0 Å². The Morgan fingerprint density at radius 1 is 0.369 bits per heavy atom. The molecule has 0 aromatic rings. The van der Waals surface area contributed by atoms with Gasteiger partial charge < -0.3 is 33.8 Å². The van der Waals surface area contributed by atoms with Crippen molar-refractivity contribution in [2.45, 2.75) is 232 Å². The van der Waals surface area contributed by atoms with E-state index in [0.717, 1.165) is 57.8 Å². The van der Waals surface area contributed by atoms with Crippen LogP contribution in [0.3, 0.4) is 0 Å². The van der Waals surface area contributed by atoms with Crippen molar-refractivity contribution in [1.29, 1.82) is 0 Å². The van der Waals surface area contributed by atoms with Gasteiger partial charge in [-0.15, -0.1) is 0 Å². The lowest BCUT2D eigenvalue weighted by Crippen LogP contribution is -2.30. The highest BCUT2D eigenvalue weighted by atomic mass is 31.2. The molecule has 0 aliphatic carbocycles. The molecule has 5 atom stereocenters. The first-order valence-electron chi connectivity index (χ1n) is 24.8. The van der Waals surface area contributed by atoms with Crippen molar-refractivity contribution in [1.82, 2.24) is 0 Å². The number of carbonyl (C=O) groups excluding carboxylic acids is 4. The maximum atomic E-state index is 12.8. The Balaban J connectivity index is 5.04. The highest BCUT2D eigenvalue weighted by Crippen LogP contribution is 2.45. The van der Waals surface area contributed by atoms with E-state index in [1.807, 2.05) is 13.8 Å². The Morgan fingerprint density at radius 2 is 0.631 bits per heavy atom. The number of phosphoric ester groups is 2. The van der Waals surface area contributed by atoms with Crippen LogP contribution in [0.2, 0.25) is 0 Å². The zero-order chi connectivity index (χ0) is 48.4. The van der Waals surface area contributed by atoms with Crippen molar-refractivity contribution in [3.05, 3.63) is 0 Å². The maximum Gasteiger partial charge on any atom is 0.472 e. The van der Waals surface area contributed by atoms with Crippen LogP contribution in [-0.4, -0.2) is 96.7 Å². The molecule has 0 radical (unpaired) electrons. The van der Waals surface area contributed by atoms with Gasteiger partial charge in [-0.3, -0.25) is 37.3 Å². The number of rotatable bonds is 47. The summed E-state index contributed by atoms with van der Waals surface area (Å²) < 4.78 is 66.2. The predicted octanol–water partition coefficient (Wildman–Crippen LogP) is 10.9. The van der Waals surface area contributed by atoms with Crippen LogP contribution in [0.25, 0.3) is 0 Å². The lowest BCUT2D eigenvalue weighted by Gasteiger charge is -2.21. The van der Waals surface area contributed by atoms with Gasteiger partial charge in [0.1, 0.15) is 19.3 Å². The van der Waals surface area contributed by atoms with E-state index in [9.17, 15) is 43.2 Å². The van der Waals surface area contributed by atoms with Crippen molar-refractivity contribution in [2.75, 3.05) is 39.6 Å². The Labute approximate surface area is 390 Å². The topological polar surface area (TPSA) is 237 Å². The molecule has 0 aliphatic rings.